The quantitative estimate of drug-likeness (QED) is 0.284. The Kier molecular flexibility index (Phi) is 6.73. The maximum Gasteiger partial charge on any atom is 0.224 e. The van der Waals surface area contributed by atoms with Crippen LogP contribution in [0.2, 0.25) is 0 Å². The Balaban J connectivity index is 2.44. The number of methoxy groups -OCH3 is 1. The normalized spacial score (nSPS) is 9.76. The zero-order valence-corrected chi connectivity index (χ0v) is 12.0. The summed E-state index contributed by atoms with van der Waals surface area (Å²) < 4.78 is 5.03. The zero-order valence-electron chi connectivity index (χ0n) is 12.0. The number of ether oxygens (including phenoxy) is 1. The van der Waals surface area contributed by atoms with Crippen LogP contribution < -0.4 is 21.5 Å². The Morgan fingerprint density at radius 2 is 2.14 bits per heavy atom. The van der Waals surface area contributed by atoms with Crippen molar-refractivity contribution in [2.75, 3.05) is 19.0 Å². The molecular weight excluding hydrogens is 272 g/mol. The van der Waals surface area contributed by atoms with Gasteiger partial charge < -0.3 is 21.5 Å². The lowest BCUT2D eigenvalue weighted by Gasteiger charge is -2.08. The fraction of sp³-hybridized carbons (Fsp3) is 0.357. The summed E-state index contributed by atoms with van der Waals surface area (Å²) in [4.78, 5) is 26.5. The van der Waals surface area contributed by atoms with E-state index in [1.807, 2.05) is 0 Å². The molecule has 5 N–H and O–H groups in total. The fourth-order valence-corrected chi connectivity index (χ4v) is 1.73. The average Bonchev–Trinajstić information content (AvgIpc) is 2.46. The Morgan fingerprint density at radius 3 is 2.76 bits per heavy atom. The highest BCUT2D eigenvalue weighted by molar-refractivity contribution is 5.92. The van der Waals surface area contributed by atoms with E-state index in [9.17, 15) is 9.59 Å². The van der Waals surface area contributed by atoms with Crippen LogP contribution >= 0.6 is 0 Å². The number of nitrogens with two attached hydrogens (primary N) is 2. The molecule has 0 atom stereocenters. The molecule has 7 heteroatoms. The number of unbranched alkanes of at least 4 members (excludes halogenated alkanes) is 1. The van der Waals surface area contributed by atoms with Gasteiger partial charge in [-0.05, 0) is 31.0 Å². The second-order valence-corrected chi connectivity index (χ2v) is 4.39. The van der Waals surface area contributed by atoms with Crippen LogP contribution in [0.4, 0.5) is 5.69 Å². The van der Waals surface area contributed by atoms with Gasteiger partial charge in [0.25, 0.3) is 0 Å². The molecule has 0 aromatic heterocycles. The number of carbonyl (C=O) groups is 2. The summed E-state index contributed by atoms with van der Waals surface area (Å²) >= 11 is 0. The number of hydrogen-bond acceptors (Lipinski definition) is 4. The second-order valence-electron chi connectivity index (χ2n) is 4.39. The van der Waals surface area contributed by atoms with Crippen LogP contribution in [-0.4, -0.2) is 31.8 Å². The third-order valence-corrected chi connectivity index (χ3v) is 2.75. The Bertz CT molecular complexity index is 525. The highest BCUT2D eigenvalue weighted by atomic mass is 16.5. The molecule has 0 saturated carbocycles. The lowest BCUT2D eigenvalue weighted by molar-refractivity contribution is -0.116. The molecule has 0 bridgehead atoms. The van der Waals surface area contributed by atoms with Gasteiger partial charge >= 0.3 is 0 Å². The van der Waals surface area contributed by atoms with E-state index in [1.165, 1.54) is 7.11 Å². The molecule has 0 aliphatic carbocycles. The number of carbonyl (C=O) groups excluding carboxylic acids is 2. The monoisotopic (exact) mass is 292 g/mol. The van der Waals surface area contributed by atoms with Gasteiger partial charge in [-0.3, -0.25) is 14.6 Å². The average molecular weight is 292 g/mol. The first-order valence-corrected chi connectivity index (χ1v) is 6.55. The van der Waals surface area contributed by atoms with Gasteiger partial charge in [0.05, 0.1) is 12.7 Å². The van der Waals surface area contributed by atoms with Crippen LogP contribution in [0.5, 0.6) is 5.75 Å². The summed E-state index contributed by atoms with van der Waals surface area (Å²) in [6, 6.07) is 4.89. The summed E-state index contributed by atoms with van der Waals surface area (Å²) in [7, 11) is 1.48. The number of rotatable bonds is 8. The van der Waals surface area contributed by atoms with Crippen molar-refractivity contribution in [1.29, 1.82) is 0 Å². The van der Waals surface area contributed by atoms with Gasteiger partial charge in [0.1, 0.15) is 5.75 Å². The lowest BCUT2D eigenvalue weighted by Crippen LogP contribution is -2.23. The maximum atomic E-state index is 11.7. The smallest absolute Gasteiger partial charge is 0.224 e. The summed E-state index contributed by atoms with van der Waals surface area (Å²) in [5, 5.41) is 2.73. The van der Waals surface area contributed by atoms with E-state index in [0.29, 0.717) is 42.7 Å². The molecule has 0 aliphatic heterocycles. The molecule has 0 fully saturated rings. The van der Waals surface area contributed by atoms with Crippen LogP contribution in [0, 0.1) is 0 Å². The summed E-state index contributed by atoms with van der Waals surface area (Å²) in [6.45, 7) is 0.507. The van der Waals surface area contributed by atoms with E-state index in [4.69, 9.17) is 16.2 Å². The van der Waals surface area contributed by atoms with Gasteiger partial charge in [-0.1, -0.05) is 0 Å². The first-order chi connectivity index (χ1) is 10.1. The fourth-order valence-electron chi connectivity index (χ4n) is 1.73. The second kappa shape index (κ2) is 8.57. The van der Waals surface area contributed by atoms with Crippen molar-refractivity contribution >= 4 is 23.8 Å². The van der Waals surface area contributed by atoms with Crippen molar-refractivity contribution < 1.29 is 14.3 Å². The highest BCUT2D eigenvalue weighted by Gasteiger charge is 2.06. The highest BCUT2D eigenvalue weighted by Crippen LogP contribution is 2.21. The predicted octanol–water partition coefficient (Wildman–Crippen LogP) is 0.890. The molecule has 0 unspecified atom stereocenters. The van der Waals surface area contributed by atoms with Gasteiger partial charge in [0.15, 0.2) is 12.2 Å². The molecule has 0 saturated heterocycles. The topological polar surface area (TPSA) is 120 Å². The molecule has 1 rings (SSSR count). The minimum atomic E-state index is -0.123. The van der Waals surface area contributed by atoms with Crippen LogP contribution in [0.1, 0.15) is 29.6 Å². The SMILES string of the molecule is COc1ccc(NC(=O)CCCCN=C(N)N)cc1C=O. The molecule has 7 nitrogen and oxygen atoms in total. The molecule has 1 aromatic rings. The Hall–Kier alpha value is -2.57. The summed E-state index contributed by atoms with van der Waals surface area (Å²) in [5.41, 5.74) is 11.3. The minimum absolute atomic E-state index is 0.0547. The Morgan fingerprint density at radius 1 is 1.38 bits per heavy atom. The van der Waals surface area contributed by atoms with E-state index in [-0.39, 0.29) is 11.9 Å². The number of anilines is 1. The molecule has 21 heavy (non-hydrogen) atoms. The Labute approximate surface area is 123 Å². The van der Waals surface area contributed by atoms with Gasteiger partial charge in [-0.25, -0.2) is 0 Å². The van der Waals surface area contributed by atoms with Gasteiger partial charge in [0.2, 0.25) is 5.91 Å². The van der Waals surface area contributed by atoms with Crippen molar-refractivity contribution in [3.63, 3.8) is 0 Å². The molecule has 0 heterocycles. The number of benzene rings is 1. The van der Waals surface area contributed by atoms with E-state index in [2.05, 4.69) is 10.3 Å². The molecule has 1 amide bonds. The largest absolute Gasteiger partial charge is 0.496 e. The van der Waals surface area contributed by atoms with Crippen molar-refractivity contribution in [1.82, 2.24) is 0 Å². The maximum absolute atomic E-state index is 11.7. The van der Waals surface area contributed by atoms with Crippen LogP contribution in [0.25, 0.3) is 0 Å². The standard InChI is InChI=1S/C14H20N4O3/c1-21-12-6-5-11(8-10(12)9-19)18-13(20)4-2-3-7-17-14(15)16/h5-6,8-9H,2-4,7H2,1H3,(H,18,20)(H4,15,16,17). The number of guanidine groups is 1. The predicted molar refractivity (Wildman–Crippen MR) is 81.5 cm³/mol. The summed E-state index contributed by atoms with van der Waals surface area (Å²) in [6.07, 6.45) is 2.46. The molecule has 0 aliphatic rings. The zero-order chi connectivity index (χ0) is 15.7. The van der Waals surface area contributed by atoms with E-state index >= 15 is 0 Å². The number of nitrogens with zero attached hydrogens (tertiary/aromatic N) is 1. The minimum Gasteiger partial charge on any atom is -0.496 e. The van der Waals surface area contributed by atoms with E-state index < -0.39 is 0 Å². The van der Waals surface area contributed by atoms with E-state index in [0.717, 1.165) is 6.42 Å². The molecule has 0 spiro atoms. The van der Waals surface area contributed by atoms with Crippen LogP contribution in [0.3, 0.4) is 0 Å². The number of amides is 1. The van der Waals surface area contributed by atoms with Crippen molar-refractivity contribution in [2.24, 2.45) is 16.5 Å². The van der Waals surface area contributed by atoms with Gasteiger partial charge in [-0.2, -0.15) is 0 Å². The number of nitrogens with one attached hydrogen (secondary N) is 1. The molecular formula is C14H20N4O3. The van der Waals surface area contributed by atoms with Crippen molar-refractivity contribution in [3.05, 3.63) is 23.8 Å². The van der Waals surface area contributed by atoms with Crippen molar-refractivity contribution in [3.8, 4) is 5.75 Å². The summed E-state index contributed by atoms with van der Waals surface area (Å²) in [5.74, 6) is 0.404. The lowest BCUT2D eigenvalue weighted by atomic mass is 10.2. The van der Waals surface area contributed by atoms with E-state index in [1.54, 1.807) is 18.2 Å². The van der Waals surface area contributed by atoms with Crippen LogP contribution in [-0.2, 0) is 4.79 Å². The first kappa shape index (κ1) is 16.5. The number of aliphatic imine (C=N–C) groups is 1. The molecule has 114 valence electrons. The number of hydrogen-bond donors (Lipinski definition) is 3. The van der Waals surface area contributed by atoms with Gasteiger partial charge in [-0.15, -0.1) is 0 Å². The van der Waals surface area contributed by atoms with Crippen LogP contribution in [0.15, 0.2) is 23.2 Å². The third-order valence-electron chi connectivity index (χ3n) is 2.75. The molecule has 1 aromatic carbocycles. The third kappa shape index (κ3) is 5.94. The first-order valence-electron chi connectivity index (χ1n) is 6.55. The molecule has 0 radical (unpaired) electrons. The number of aldehydes is 1. The van der Waals surface area contributed by atoms with Crippen molar-refractivity contribution in [2.45, 2.75) is 19.3 Å². The van der Waals surface area contributed by atoms with Gasteiger partial charge in [0, 0.05) is 18.7 Å².